The Labute approximate surface area is 184 Å². The SMILES string of the molecule is CS(=O)(=O)c1ccc2nc(N3CCN(C(=O)c4cccc5ccccc45)CC3)sc2c1. The zero-order valence-corrected chi connectivity index (χ0v) is 18.6. The first-order valence-electron chi connectivity index (χ1n) is 10.0. The van der Waals surface area contributed by atoms with Gasteiger partial charge in [0.15, 0.2) is 15.0 Å². The van der Waals surface area contributed by atoms with Crippen molar-refractivity contribution in [3.63, 3.8) is 0 Å². The molecule has 4 aromatic rings. The molecule has 1 aliphatic rings. The molecule has 0 saturated carbocycles. The van der Waals surface area contributed by atoms with Crippen LogP contribution in [0.15, 0.2) is 65.6 Å². The lowest BCUT2D eigenvalue weighted by atomic mass is 10.0. The first-order chi connectivity index (χ1) is 14.9. The average Bonchev–Trinajstić information content (AvgIpc) is 3.21. The maximum atomic E-state index is 13.2. The summed E-state index contributed by atoms with van der Waals surface area (Å²) >= 11 is 1.49. The van der Waals surface area contributed by atoms with Crippen molar-refractivity contribution in [3.8, 4) is 0 Å². The van der Waals surface area contributed by atoms with Crippen LogP contribution in [0.2, 0.25) is 0 Å². The van der Waals surface area contributed by atoms with E-state index in [-0.39, 0.29) is 5.91 Å². The van der Waals surface area contributed by atoms with Crippen molar-refractivity contribution in [2.75, 3.05) is 37.3 Å². The number of nitrogens with zero attached hydrogens (tertiary/aromatic N) is 3. The fourth-order valence-electron chi connectivity index (χ4n) is 3.94. The van der Waals surface area contributed by atoms with E-state index in [4.69, 9.17) is 0 Å². The predicted octanol–water partition coefficient (Wildman–Crippen LogP) is 3.82. The molecule has 158 valence electrons. The summed E-state index contributed by atoms with van der Waals surface area (Å²) in [4.78, 5) is 22.2. The van der Waals surface area contributed by atoms with Crippen LogP contribution >= 0.6 is 11.3 Å². The summed E-state index contributed by atoms with van der Waals surface area (Å²) in [6.45, 7) is 2.61. The van der Waals surface area contributed by atoms with Gasteiger partial charge in [0.05, 0.1) is 15.1 Å². The molecule has 31 heavy (non-hydrogen) atoms. The van der Waals surface area contributed by atoms with Gasteiger partial charge < -0.3 is 9.80 Å². The minimum Gasteiger partial charge on any atom is -0.345 e. The fourth-order valence-corrected chi connectivity index (χ4v) is 5.72. The summed E-state index contributed by atoms with van der Waals surface area (Å²) in [5.41, 5.74) is 1.53. The van der Waals surface area contributed by atoms with E-state index in [2.05, 4.69) is 9.88 Å². The topological polar surface area (TPSA) is 70.6 Å². The van der Waals surface area contributed by atoms with Crippen LogP contribution in [0.4, 0.5) is 5.13 Å². The highest BCUT2D eigenvalue weighted by Crippen LogP contribution is 2.31. The summed E-state index contributed by atoms with van der Waals surface area (Å²) in [6.07, 6.45) is 1.21. The first kappa shape index (κ1) is 20.0. The van der Waals surface area contributed by atoms with Crippen molar-refractivity contribution in [1.82, 2.24) is 9.88 Å². The van der Waals surface area contributed by atoms with Crippen molar-refractivity contribution in [1.29, 1.82) is 0 Å². The van der Waals surface area contributed by atoms with E-state index >= 15 is 0 Å². The zero-order valence-electron chi connectivity index (χ0n) is 17.0. The van der Waals surface area contributed by atoms with Gasteiger partial charge in [-0.3, -0.25) is 4.79 Å². The predicted molar refractivity (Wildman–Crippen MR) is 125 cm³/mol. The number of thiazole rings is 1. The summed E-state index contributed by atoms with van der Waals surface area (Å²) in [5.74, 6) is 0.0542. The molecule has 1 aliphatic heterocycles. The monoisotopic (exact) mass is 451 g/mol. The number of sulfone groups is 1. The Morgan fingerprint density at radius 1 is 0.968 bits per heavy atom. The van der Waals surface area contributed by atoms with Crippen molar-refractivity contribution in [3.05, 3.63) is 66.2 Å². The summed E-state index contributed by atoms with van der Waals surface area (Å²) < 4.78 is 24.5. The molecule has 1 fully saturated rings. The molecule has 0 atom stereocenters. The summed E-state index contributed by atoms with van der Waals surface area (Å²) in [7, 11) is -3.25. The van der Waals surface area contributed by atoms with Crippen molar-refractivity contribution in [2.24, 2.45) is 0 Å². The first-order valence-corrected chi connectivity index (χ1v) is 12.7. The Morgan fingerprint density at radius 3 is 2.48 bits per heavy atom. The number of hydrogen-bond acceptors (Lipinski definition) is 6. The fraction of sp³-hybridized carbons (Fsp3) is 0.217. The highest BCUT2D eigenvalue weighted by molar-refractivity contribution is 7.90. The highest BCUT2D eigenvalue weighted by atomic mass is 32.2. The van der Waals surface area contributed by atoms with Gasteiger partial charge in [-0.1, -0.05) is 47.7 Å². The van der Waals surface area contributed by atoms with Crippen LogP contribution in [0.3, 0.4) is 0 Å². The van der Waals surface area contributed by atoms with Crippen LogP contribution in [-0.4, -0.2) is 56.6 Å². The molecule has 6 nitrogen and oxygen atoms in total. The molecule has 0 radical (unpaired) electrons. The van der Waals surface area contributed by atoms with E-state index in [1.54, 1.807) is 18.2 Å². The van der Waals surface area contributed by atoms with E-state index in [0.717, 1.165) is 31.7 Å². The molecule has 0 aliphatic carbocycles. The zero-order chi connectivity index (χ0) is 21.6. The summed E-state index contributed by atoms with van der Waals surface area (Å²) in [5, 5.41) is 2.90. The second kappa shape index (κ2) is 7.62. The Kier molecular flexibility index (Phi) is 4.91. The smallest absolute Gasteiger partial charge is 0.254 e. The molecule has 0 N–H and O–H groups in total. The molecule has 8 heteroatoms. The second-order valence-corrected chi connectivity index (χ2v) is 10.7. The molecule has 1 aromatic heterocycles. The van der Waals surface area contributed by atoms with Gasteiger partial charge in [0.1, 0.15) is 0 Å². The highest BCUT2D eigenvalue weighted by Gasteiger charge is 2.25. The molecule has 0 spiro atoms. The van der Waals surface area contributed by atoms with Crippen molar-refractivity contribution >= 4 is 53.2 Å². The number of rotatable bonds is 3. The van der Waals surface area contributed by atoms with Crippen molar-refractivity contribution < 1.29 is 13.2 Å². The van der Waals surface area contributed by atoms with Gasteiger partial charge in [-0.25, -0.2) is 13.4 Å². The maximum absolute atomic E-state index is 13.2. The third kappa shape index (κ3) is 3.77. The number of fused-ring (bicyclic) bond motifs is 2. The Bertz CT molecular complexity index is 1400. The lowest BCUT2D eigenvalue weighted by molar-refractivity contribution is 0.0748. The van der Waals surface area contributed by atoms with Crippen LogP contribution in [0.1, 0.15) is 10.4 Å². The molecular formula is C23H21N3O3S2. The molecule has 1 saturated heterocycles. The quantitative estimate of drug-likeness (QED) is 0.474. The molecule has 5 rings (SSSR count). The van der Waals surface area contributed by atoms with Crippen LogP contribution in [0.25, 0.3) is 21.0 Å². The van der Waals surface area contributed by atoms with Gasteiger partial charge in [-0.05, 0) is 35.0 Å². The minimum absolute atomic E-state index is 0.0542. The second-order valence-electron chi connectivity index (χ2n) is 7.70. The number of amides is 1. The minimum atomic E-state index is -3.25. The third-order valence-electron chi connectivity index (χ3n) is 5.63. The van der Waals surface area contributed by atoms with Gasteiger partial charge in [0.2, 0.25) is 0 Å². The molecule has 2 heterocycles. The van der Waals surface area contributed by atoms with E-state index in [9.17, 15) is 13.2 Å². The van der Waals surface area contributed by atoms with Crippen LogP contribution in [0, 0.1) is 0 Å². The lowest BCUT2D eigenvalue weighted by Gasteiger charge is -2.34. The van der Waals surface area contributed by atoms with E-state index in [0.29, 0.717) is 31.1 Å². The number of benzene rings is 3. The van der Waals surface area contributed by atoms with Gasteiger partial charge in [-0.15, -0.1) is 0 Å². The number of anilines is 1. The normalized spacial score (nSPS) is 15.0. The number of piperazine rings is 1. The van der Waals surface area contributed by atoms with Crippen LogP contribution in [-0.2, 0) is 9.84 Å². The standard InChI is InChI=1S/C23H21N3O3S2/c1-31(28,29)17-9-10-20-21(15-17)30-23(24-20)26-13-11-25(12-14-26)22(27)19-8-4-6-16-5-2-3-7-18(16)19/h2-10,15H,11-14H2,1H3. The Morgan fingerprint density at radius 2 is 1.71 bits per heavy atom. The Hall–Kier alpha value is -2.97. The maximum Gasteiger partial charge on any atom is 0.254 e. The molecule has 0 unspecified atom stereocenters. The number of aromatic nitrogens is 1. The number of carbonyl (C=O) groups is 1. The van der Waals surface area contributed by atoms with Gasteiger partial charge in [0, 0.05) is 38.0 Å². The van der Waals surface area contributed by atoms with Crippen LogP contribution < -0.4 is 4.90 Å². The molecular weight excluding hydrogens is 430 g/mol. The largest absolute Gasteiger partial charge is 0.345 e. The number of hydrogen-bond donors (Lipinski definition) is 0. The van der Waals surface area contributed by atoms with E-state index < -0.39 is 9.84 Å². The average molecular weight is 452 g/mol. The van der Waals surface area contributed by atoms with Gasteiger partial charge in [0.25, 0.3) is 5.91 Å². The van der Waals surface area contributed by atoms with E-state index in [1.807, 2.05) is 47.4 Å². The van der Waals surface area contributed by atoms with E-state index in [1.165, 1.54) is 17.6 Å². The van der Waals surface area contributed by atoms with Gasteiger partial charge in [-0.2, -0.15) is 0 Å². The van der Waals surface area contributed by atoms with Crippen LogP contribution in [0.5, 0.6) is 0 Å². The van der Waals surface area contributed by atoms with Gasteiger partial charge >= 0.3 is 0 Å². The third-order valence-corrected chi connectivity index (χ3v) is 7.82. The molecule has 0 bridgehead atoms. The number of carbonyl (C=O) groups excluding carboxylic acids is 1. The Balaban J connectivity index is 1.34. The molecule has 3 aromatic carbocycles. The lowest BCUT2D eigenvalue weighted by Crippen LogP contribution is -2.48. The van der Waals surface area contributed by atoms with Crippen molar-refractivity contribution in [2.45, 2.75) is 4.90 Å². The summed E-state index contributed by atoms with van der Waals surface area (Å²) in [6, 6.07) is 18.8. The molecule has 1 amide bonds.